The molecule has 1 atom stereocenters. The Morgan fingerprint density at radius 2 is 1.86 bits per heavy atom. The topological polar surface area (TPSA) is 0 Å². The fraction of sp³-hybridized carbons (Fsp3) is 1.00. The van der Waals surface area contributed by atoms with E-state index >= 15 is 0 Å². The Balaban J connectivity index is 0. The van der Waals surface area contributed by atoms with Gasteiger partial charge in [-0.05, 0) is 15.7 Å². The van der Waals surface area contributed by atoms with Crippen molar-refractivity contribution in [2.24, 2.45) is 0 Å². The van der Waals surface area contributed by atoms with Crippen LogP contribution in [-0.2, 0) is 0 Å². The molecule has 0 spiro atoms. The zero-order valence-corrected chi connectivity index (χ0v) is 7.91. The monoisotopic (exact) mass is 184 g/mol. The Labute approximate surface area is 59.0 Å². The minimum atomic E-state index is 0. The molecule has 46 valence electrons. The summed E-state index contributed by atoms with van der Waals surface area (Å²) in [6, 6.07) is 0. The fourth-order valence-electron chi connectivity index (χ4n) is 0.427. The van der Waals surface area contributed by atoms with E-state index in [9.17, 15) is 0 Å². The normalized spacial score (nSPS) is 8.14. The van der Waals surface area contributed by atoms with Gasteiger partial charge in [-0.15, -0.1) is 0 Å². The number of hydrogen-bond acceptors (Lipinski definition) is 0. The van der Waals surface area contributed by atoms with Crippen LogP contribution in [0.5, 0.6) is 0 Å². The first-order valence-corrected chi connectivity index (χ1v) is 3.71. The molecule has 0 bridgehead atoms. The van der Waals surface area contributed by atoms with Crippen LogP contribution >= 0.6 is 9.24 Å². The van der Waals surface area contributed by atoms with Gasteiger partial charge in [-0.3, -0.25) is 0 Å². The number of unbranched alkanes of at least 4 members (excludes halogenated alkanes) is 2. The van der Waals surface area contributed by atoms with Gasteiger partial charge in [0.15, 0.2) is 0 Å². The SMILES string of the molecule is CCCCC[PH3+].[Br-]. The maximum Gasteiger partial charge on any atom is 0.0526 e. The molecule has 0 saturated heterocycles. The van der Waals surface area contributed by atoms with Gasteiger partial charge in [-0.2, -0.15) is 0 Å². The third-order valence-electron chi connectivity index (χ3n) is 0.854. The van der Waals surface area contributed by atoms with E-state index in [0.29, 0.717) is 0 Å². The van der Waals surface area contributed by atoms with Crippen LogP contribution in [0.2, 0.25) is 0 Å². The highest BCUT2D eigenvalue weighted by Crippen LogP contribution is 1.95. The average molecular weight is 185 g/mol. The van der Waals surface area contributed by atoms with Gasteiger partial charge in [0.2, 0.25) is 0 Å². The largest absolute Gasteiger partial charge is 1.00 e. The van der Waals surface area contributed by atoms with Gasteiger partial charge in [-0.1, -0.05) is 19.8 Å². The summed E-state index contributed by atoms with van der Waals surface area (Å²) in [4.78, 5) is 0. The van der Waals surface area contributed by atoms with Crippen LogP contribution in [0.1, 0.15) is 26.2 Å². The van der Waals surface area contributed by atoms with Crippen molar-refractivity contribution < 1.29 is 17.0 Å². The summed E-state index contributed by atoms with van der Waals surface area (Å²) in [6.07, 6.45) is 5.59. The first kappa shape index (κ1) is 10.8. The molecule has 0 rings (SSSR count). The van der Waals surface area contributed by atoms with E-state index < -0.39 is 0 Å². The molecule has 0 aliphatic carbocycles. The zero-order chi connectivity index (χ0) is 4.83. The molecule has 0 aromatic rings. The molecule has 2 heteroatoms. The highest BCUT2D eigenvalue weighted by molar-refractivity contribution is 7.16. The molecule has 0 radical (unpaired) electrons. The van der Waals surface area contributed by atoms with Crippen molar-refractivity contribution in [1.29, 1.82) is 0 Å². The van der Waals surface area contributed by atoms with Crippen LogP contribution in [-0.4, -0.2) is 6.16 Å². The third-order valence-corrected chi connectivity index (χ3v) is 1.35. The zero-order valence-electron chi connectivity index (χ0n) is 4.91. The molecule has 0 amide bonds. The van der Waals surface area contributed by atoms with Gasteiger partial charge >= 0.3 is 0 Å². The Morgan fingerprint density at radius 1 is 1.29 bits per heavy atom. The summed E-state index contributed by atoms with van der Waals surface area (Å²) < 4.78 is 0. The lowest BCUT2D eigenvalue weighted by Gasteiger charge is -1.83. The van der Waals surface area contributed by atoms with Gasteiger partial charge in [0.1, 0.15) is 0 Å². The van der Waals surface area contributed by atoms with E-state index in [1.165, 1.54) is 25.4 Å². The molecule has 7 heavy (non-hydrogen) atoms. The maximum atomic E-state index is 2.23. The summed E-state index contributed by atoms with van der Waals surface area (Å²) >= 11 is 0. The van der Waals surface area contributed by atoms with Crippen LogP contribution in [0.4, 0.5) is 0 Å². The molecule has 0 nitrogen and oxygen atoms in total. The lowest BCUT2D eigenvalue weighted by molar-refractivity contribution is -0.00000131. The molecule has 0 aliphatic rings. The molecule has 0 aromatic carbocycles. The first-order chi connectivity index (χ1) is 2.91. The second kappa shape index (κ2) is 10.0. The highest BCUT2D eigenvalue weighted by atomic mass is 79.9. The van der Waals surface area contributed by atoms with E-state index in [2.05, 4.69) is 16.2 Å². The van der Waals surface area contributed by atoms with Gasteiger partial charge in [0.05, 0.1) is 6.16 Å². The average Bonchev–Trinajstić information content (AvgIpc) is 1.61. The van der Waals surface area contributed by atoms with Crippen molar-refractivity contribution in [2.75, 3.05) is 6.16 Å². The van der Waals surface area contributed by atoms with Gasteiger partial charge in [0.25, 0.3) is 0 Å². The summed E-state index contributed by atoms with van der Waals surface area (Å²) in [5.41, 5.74) is 0. The van der Waals surface area contributed by atoms with Gasteiger partial charge in [-0.25, -0.2) is 0 Å². The second-order valence-corrected chi connectivity index (χ2v) is 2.27. The molecule has 1 unspecified atom stereocenters. The van der Waals surface area contributed by atoms with Crippen LogP contribution in [0, 0.1) is 0 Å². The lowest BCUT2D eigenvalue weighted by atomic mass is 10.3. The summed E-state index contributed by atoms with van der Waals surface area (Å²) in [5.74, 6) is 0. The van der Waals surface area contributed by atoms with Crippen LogP contribution < -0.4 is 17.0 Å². The van der Waals surface area contributed by atoms with Crippen molar-refractivity contribution in [2.45, 2.75) is 26.2 Å². The molecular weight excluding hydrogens is 171 g/mol. The van der Waals surface area contributed by atoms with E-state index in [1.54, 1.807) is 0 Å². The van der Waals surface area contributed by atoms with Crippen LogP contribution in [0.3, 0.4) is 0 Å². The quantitative estimate of drug-likeness (QED) is 0.382. The highest BCUT2D eigenvalue weighted by Gasteiger charge is 1.78. The second-order valence-electron chi connectivity index (χ2n) is 1.56. The number of hydrogen-bond donors (Lipinski definition) is 0. The van der Waals surface area contributed by atoms with Crippen LogP contribution in [0.15, 0.2) is 0 Å². The standard InChI is InChI=1S/C5H13P.BrH/c1-2-3-4-5-6;/h2-6H2,1H3;1H. The molecule has 0 aliphatic heterocycles. The number of rotatable bonds is 3. The van der Waals surface area contributed by atoms with Crippen molar-refractivity contribution in [1.82, 2.24) is 0 Å². The van der Waals surface area contributed by atoms with Crippen LogP contribution in [0.25, 0.3) is 0 Å². The predicted molar refractivity (Wildman–Crippen MR) is 35.5 cm³/mol. The van der Waals surface area contributed by atoms with Gasteiger partial charge in [0, 0.05) is 0 Å². The lowest BCUT2D eigenvalue weighted by Crippen LogP contribution is -3.00. The van der Waals surface area contributed by atoms with E-state index in [-0.39, 0.29) is 17.0 Å². The Hall–Kier alpha value is 0.910. The van der Waals surface area contributed by atoms with Crippen molar-refractivity contribution in [3.8, 4) is 0 Å². The smallest absolute Gasteiger partial charge is 0.0526 e. The summed E-state index contributed by atoms with van der Waals surface area (Å²) in [6.45, 7) is 2.23. The Kier molecular flexibility index (Phi) is 15.5. The van der Waals surface area contributed by atoms with E-state index in [0.717, 1.165) is 0 Å². The molecule has 0 saturated carbocycles. The van der Waals surface area contributed by atoms with E-state index in [4.69, 9.17) is 0 Å². The third kappa shape index (κ3) is 10.9. The summed E-state index contributed by atoms with van der Waals surface area (Å²) in [7, 11) is 2.07. The number of halogens is 1. The molecule has 0 fully saturated rings. The Bertz CT molecular complexity index is 20.0. The fourth-order valence-corrected chi connectivity index (χ4v) is 0.780. The first-order valence-electron chi connectivity index (χ1n) is 2.71. The maximum absolute atomic E-state index is 2.23. The minimum absolute atomic E-state index is 0. The van der Waals surface area contributed by atoms with Crippen molar-refractivity contribution in [3.63, 3.8) is 0 Å². The van der Waals surface area contributed by atoms with Crippen molar-refractivity contribution >= 4 is 9.24 Å². The molecular formula is C5H14BrP. The Morgan fingerprint density at radius 3 is 2.00 bits per heavy atom. The van der Waals surface area contributed by atoms with Crippen molar-refractivity contribution in [3.05, 3.63) is 0 Å². The summed E-state index contributed by atoms with van der Waals surface area (Å²) in [5, 5.41) is 0. The van der Waals surface area contributed by atoms with E-state index in [1.807, 2.05) is 0 Å². The molecule has 0 heterocycles. The predicted octanol–water partition coefficient (Wildman–Crippen LogP) is -1.21. The minimum Gasteiger partial charge on any atom is -1.00 e. The van der Waals surface area contributed by atoms with Gasteiger partial charge < -0.3 is 17.0 Å². The molecule has 0 N–H and O–H groups in total. The molecule has 0 aromatic heterocycles.